The van der Waals surface area contributed by atoms with E-state index in [4.69, 9.17) is 11.6 Å². The van der Waals surface area contributed by atoms with Crippen LogP contribution in [0.4, 0.5) is 18.9 Å². The quantitative estimate of drug-likeness (QED) is 0.749. The molecule has 2 aromatic heterocycles. The first-order valence-corrected chi connectivity index (χ1v) is 8.43. The van der Waals surface area contributed by atoms with Crippen LogP contribution in [0.3, 0.4) is 0 Å². The maximum Gasteiger partial charge on any atom is 0.295 e. The lowest BCUT2D eigenvalue weighted by molar-refractivity contribution is -0.115. The molecule has 0 spiro atoms. The van der Waals surface area contributed by atoms with Crippen LogP contribution in [0, 0.1) is 17.7 Å². The second-order valence-corrected chi connectivity index (χ2v) is 6.66. The molecular formula is C16H11ClF3N3O3S. The summed E-state index contributed by atoms with van der Waals surface area (Å²) in [5, 5.41) is 4.59. The van der Waals surface area contributed by atoms with Gasteiger partial charge in [0.2, 0.25) is 0 Å². The molecule has 11 heteroatoms. The minimum atomic E-state index is -2.87. The van der Waals surface area contributed by atoms with Gasteiger partial charge in [0.05, 0.1) is 22.7 Å². The van der Waals surface area contributed by atoms with Crippen molar-refractivity contribution in [3.8, 4) is 11.8 Å². The number of anilines is 1. The zero-order chi connectivity index (χ0) is 20.1. The standard InChI is InChI=1S/C16H11ClF3N3O3S/c1-21-13(24)3-2-8-4-11(27-14(8)17)15(25)22-9-5-10(18)16(26)23(6-9)7-12(19)20/h4-6,12H,7H2,1H3,(H,21,24)(H,22,25). The molecule has 0 radical (unpaired) electrons. The topological polar surface area (TPSA) is 80.2 Å². The van der Waals surface area contributed by atoms with E-state index in [-0.39, 0.29) is 20.5 Å². The third-order valence-corrected chi connectivity index (χ3v) is 4.44. The van der Waals surface area contributed by atoms with Gasteiger partial charge in [0.1, 0.15) is 4.34 Å². The van der Waals surface area contributed by atoms with E-state index >= 15 is 0 Å². The molecule has 0 saturated carbocycles. The van der Waals surface area contributed by atoms with Crippen LogP contribution >= 0.6 is 22.9 Å². The van der Waals surface area contributed by atoms with E-state index in [1.807, 2.05) is 0 Å². The monoisotopic (exact) mass is 417 g/mol. The van der Waals surface area contributed by atoms with E-state index in [0.717, 1.165) is 23.6 Å². The number of thiophene rings is 1. The number of hydrogen-bond donors (Lipinski definition) is 2. The Bertz CT molecular complexity index is 1010. The van der Waals surface area contributed by atoms with E-state index in [2.05, 4.69) is 22.5 Å². The number of aromatic nitrogens is 1. The highest BCUT2D eigenvalue weighted by Crippen LogP contribution is 2.27. The smallest absolute Gasteiger partial charge is 0.295 e. The summed E-state index contributed by atoms with van der Waals surface area (Å²) in [6, 6.07) is 2.05. The fourth-order valence-electron chi connectivity index (χ4n) is 1.90. The Morgan fingerprint density at radius 2 is 2.07 bits per heavy atom. The van der Waals surface area contributed by atoms with Gasteiger partial charge < -0.3 is 15.2 Å². The lowest BCUT2D eigenvalue weighted by Crippen LogP contribution is -2.26. The van der Waals surface area contributed by atoms with E-state index in [1.165, 1.54) is 13.1 Å². The van der Waals surface area contributed by atoms with Gasteiger partial charge in [-0.25, -0.2) is 13.2 Å². The molecule has 0 saturated heterocycles. The van der Waals surface area contributed by atoms with E-state index in [9.17, 15) is 27.6 Å². The van der Waals surface area contributed by atoms with Gasteiger partial charge in [0, 0.05) is 25.2 Å². The summed E-state index contributed by atoms with van der Waals surface area (Å²) in [6.07, 6.45) is -1.96. The Morgan fingerprint density at radius 3 is 2.70 bits per heavy atom. The summed E-state index contributed by atoms with van der Waals surface area (Å²) in [4.78, 5) is 35.0. The summed E-state index contributed by atoms with van der Waals surface area (Å²) in [5.74, 6) is 2.22. The maximum atomic E-state index is 13.6. The SMILES string of the molecule is CNC(=O)C#Cc1cc(C(=O)Nc2cc(F)c(=O)n(CC(F)F)c2)sc1Cl. The van der Waals surface area contributed by atoms with Crippen LogP contribution in [0.25, 0.3) is 0 Å². The van der Waals surface area contributed by atoms with Crippen molar-refractivity contribution in [2.75, 3.05) is 12.4 Å². The predicted molar refractivity (Wildman–Crippen MR) is 94.9 cm³/mol. The first-order chi connectivity index (χ1) is 12.7. The summed E-state index contributed by atoms with van der Waals surface area (Å²) in [6.45, 7) is -1.01. The van der Waals surface area contributed by atoms with Crippen molar-refractivity contribution in [1.82, 2.24) is 9.88 Å². The van der Waals surface area contributed by atoms with E-state index < -0.39 is 36.2 Å². The van der Waals surface area contributed by atoms with Gasteiger partial charge in [0.25, 0.3) is 23.8 Å². The largest absolute Gasteiger partial charge is 0.348 e. The van der Waals surface area contributed by atoms with Crippen molar-refractivity contribution in [2.24, 2.45) is 0 Å². The first kappa shape index (κ1) is 20.5. The molecule has 2 aromatic rings. The van der Waals surface area contributed by atoms with Crippen molar-refractivity contribution >= 4 is 40.4 Å². The Labute approximate surface area is 159 Å². The number of carbonyl (C=O) groups excluding carboxylic acids is 2. The van der Waals surface area contributed by atoms with Crippen LogP contribution in [0.1, 0.15) is 15.2 Å². The van der Waals surface area contributed by atoms with Crippen LogP contribution in [-0.2, 0) is 11.3 Å². The number of carbonyl (C=O) groups is 2. The molecule has 2 heterocycles. The Hall–Kier alpha value is -2.77. The normalized spacial score (nSPS) is 10.3. The maximum absolute atomic E-state index is 13.6. The molecule has 6 nitrogen and oxygen atoms in total. The van der Waals surface area contributed by atoms with Crippen LogP contribution in [0.5, 0.6) is 0 Å². The Morgan fingerprint density at radius 1 is 1.37 bits per heavy atom. The van der Waals surface area contributed by atoms with Gasteiger partial charge in [-0.3, -0.25) is 14.4 Å². The highest BCUT2D eigenvalue weighted by Gasteiger charge is 2.16. The molecule has 2 rings (SSSR count). The van der Waals surface area contributed by atoms with Gasteiger partial charge in [-0.2, -0.15) is 0 Å². The minimum Gasteiger partial charge on any atom is -0.348 e. The van der Waals surface area contributed by atoms with Gasteiger partial charge >= 0.3 is 0 Å². The molecular weight excluding hydrogens is 407 g/mol. The zero-order valence-corrected chi connectivity index (χ0v) is 15.2. The van der Waals surface area contributed by atoms with Crippen LogP contribution < -0.4 is 16.2 Å². The average molecular weight is 418 g/mol. The number of rotatable bonds is 4. The third kappa shape index (κ3) is 5.35. The van der Waals surface area contributed by atoms with Gasteiger partial charge in [-0.05, 0) is 6.07 Å². The number of halogens is 4. The number of pyridine rings is 1. The highest BCUT2D eigenvalue weighted by molar-refractivity contribution is 7.18. The molecule has 2 N–H and O–H groups in total. The van der Waals surface area contributed by atoms with Crippen LogP contribution in [0.2, 0.25) is 4.34 Å². The highest BCUT2D eigenvalue weighted by atomic mass is 35.5. The van der Waals surface area contributed by atoms with Crippen LogP contribution in [-0.4, -0.2) is 29.9 Å². The molecule has 0 atom stereocenters. The molecule has 2 amide bonds. The first-order valence-electron chi connectivity index (χ1n) is 7.23. The molecule has 0 aromatic carbocycles. The fraction of sp³-hybridized carbons (Fsp3) is 0.188. The predicted octanol–water partition coefficient (Wildman–Crippen LogP) is 2.32. The molecule has 0 bridgehead atoms. The van der Waals surface area contributed by atoms with Crippen molar-refractivity contribution in [3.05, 3.63) is 49.3 Å². The van der Waals surface area contributed by atoms with Gasteiger partial charge in [-0.1, -0.05) is 17.5 Å². The molecule has 142 valence electrons. The molecule has 0 unspecified atom stereocenters. The van der Waals surface area contributed by atoms with Crippen molar-refractivity contribution in [3.63, 3.8) is 0 Å². The zero-order valence-electron chi connectivity index (χ0n) is 13.6. The molecule has 0 aliphatic carbocycles. The van der Waals surface area contributed by atoms with Crippen LogP contribution in [0.15, 0.2) is 23.1 Å². The summed E-state index contributed by atoms with van der Waals surface area (Å²) in [5.41, 5.74) is -1.16. The molecule has 0 fully saturated rings. The number of nitrogens with one attached hydrogen (secondary N) is 2. The van der Waals surface area contributed by atoms with Gasteiger partial charge in [0.15, 0.2) is 5.82 Å². The number of amides is 2. The van der Waals surface area contributed by atoms with Crippen molar-refractivity contribution in [2.45, 2.75) is 13.0 Å². The number of alkyl halides is 2. The number of hydrogen-bond acceptors (Lipinski definition) is 4. The lowest BCUT2D eigenvalue weighted by Gasteiger charge is -2.09. The van der Waals surface area contributed by atoms with Crippen molar-refractivity contribution in [1.29, 1.82) is 0 Å². The summed E-state index contributed by atoms with van der Waals surface area (Å²) < 4.78 is 39.2. The average Bonchev–Trinajstić information content (AvgIpc) is 2.97. The third-order valence-electron chi connectivity index (χ3n) is 3.08. The second-order valence-electron chi connectivity index (χ2n) is 5.01. The van der Waals surface area contributed by atoms with E-state index in [0.29, 0.717) is 4.57 Å². The molecule has 0 aliphatic rings. The Kier molecular flexibility index (Phi) is 6.65. The Balaban J connectivity index is 2.25. The van der Waals surface area contributed by atoms with Gasteiger partial charge in [-0.15, -0.1) is 11.3 Å². The fourth-order valence-corrected chi connectivity index (χ4v) is 2.98. The summed E-state index contributed by atoms with van der Waals surface area (Å²) >= 11 is 6.82. The van der Waals surface area contributed by atoms with Crippen molar-refractivity contribution < 1.29 is 22.8 Å². The molecule has 0 aliphatic heterocycles. The summed E-state index contributed by atoms with van der Waals surface area (Å²) in [7, 11) is 1.40. The minimum absolute atomic E-state index is 0.0909. The second kappa shape index (κ2) is 8.75. The lowest BCUT2D eigenvalue weighted by atomic mass is 10.3. The van der Waals surface area contributed by atoms with E-state index in [1.54, 1.807) is 0 Å². The molecule has 27 heavy (non-hydrogen) atoms. The number of nitrogens with zero attached hydrogens (tertiary/aromatic N) is 1.